The molecule has 0 rings (SSSR count). The van der Waals surface area contributed by atoms with E-state index < -0.39 is 0 Å². The Hall–Kier alpha value is -0.0400. The third kappa shape index (κ3) is 3.96. The second-order valence-corrected chi connectivity index (χ2v) is 1.01. The van der Waals surface area contributed by atoms with Gasteiger partial charge in [-0.3, -0.25) is 4.39 Å². The van der Waals surface area contributed by atoms with Crippen molar-refractivity contribution in [2.45, 2.75) is 6.42 Å². The van der Waals surface area contributed by atoms with E-state index in [0.29, 0.717) is 6.42 Å². The number of hydrogen-bond acceptors (Lipinski definition) is 0. The SMILES string of the molecule is FCC/C=[C]/Cl. The molecule has 0 aliphatic carbocycles. The summed E-state index contributed by atoms with van der Waals surface area (Å²) < 4.78 is 11.1. The average molecular weight is 108 g/mol. The molecule has 0 aliphatic rings. The summed E-state index contributed by atoms with van der Waals surface area (Å²) in [4.78, 5) is 0. The van der Waals surface area contributed by atoms with Gasteiger partial charge in [-0.05, 0) is 6.42 Å². The fourth-order valence-electron chi connectivity index (χ4n) is 0.109. The van der Waals surface area contributed by atoms with Gasteiger partial charge in [0.05, 0.1) is 12.2 Å². The molecule has 0 saturated heterocycles. The largest absolute Gasteiger partial charge is 0.251 e. The van der Waals surface area contributed by atoms with Crippen LogP contribution >= 0.6 is 11.6 Å². The molecule has 0 aromatic carbocycles. The number of allylic oxidation sites excluding steroid dienone is 1. The first kappa shape index (κ1) is 5.96. The summed E-state index contributed by atoms with van der Waals surface area (Å²) in [5, 5.41) is 0. The molecule has 0 bridgehead atoms. The Bertz CT molecular complexity index is 42.8. The third-order valence-electron chi connectivity index (χ3n) is 0.331. The van der Waals surface area contributed by atoms with E-state index in [2.05, 4.69) is 5.54 Å². The molecular weight excluding hydrogens is 102 g/mol. The lowest BCUT2D eigenvalue weighted by Gasteiger charge is -1.71. The number of hydrogen-bond donors (Lipinski definition) is 0. The third-order valence-corrected chi connectivity index (χ3v) is 0.485. The van der Waals surface area contributed by atoms with Crippen LogP contribution in [0, 0.1) is 5.54 Å². The van der Waals surface area contributed by atoms with Crippen LogP contribution in [-0.2, 0) is 0 Å². The van der Waals surface area contributed by atoms with Crippen molar-refractivity contribution in [3.05, 3.63) is 11.6 Å². The summed E-state index contributed by atoms with van der Waals surface area (Å²) in [5.41, 5.74) is 2.18. The maximum Gasteiger partial charge on any atom is 0.0929 e. The lowest BCUT2D eigenvalue weighted by atomic mass is 10.5. The van der Waals surface area contributed by atoms with E-state index in [-0.39, 0.29) is 6.67 Å². The number of halogens is 2. The minimum Gasteiger partial charge on any atom is -0.251 e. The van der Waals surface area contributed by atoms with Gasteiger partial charge in [-0.2, -0.15) is 0 Å². The van der Waals surface area contributed by atoms with Crippen LogP contribution in [0.3, 0.4) is 0 Å². The Morgan fingerprint density at radius 1 is 1.83 bits per heavy atom. The van der Waals surface area contributed by atoms with E-state index in [9.17, 15) is 4.39 Å². The molecule has 0 amide bonds. The van der Waals surface area contributed by atoms with E-state index in [0.717, 1.165) is 0 Å². The molecule has 0 fully saturated rings. The van der Waals surface area contributed by atoms with Crippen LogP contribution in [0.2, 0.25) is 0 Å². The van der Waals surface area contributed by atoms with Crippen LogP contribution in [0.5, 0.6) is 0 Å². The molecule has 0 heterocycles. The standard InChI is InChI=1S/C4H5ClF/c5-3-1-2-4-6/h1H,2,4H2. The molecule has 2 heteroatoms. The first-order chi connectivity index (χ1) is 2.91. The van der Waals surface area contributed by atoms with E-state index in [1.807, 2.05) is 0 Å². The van der Waals surface area contributed by atoms with Crippen LogP contribution in [-0.4, -0.2) is 6.67 Å². The normalized spacial score (nSPS) is 10.3. The highest BCUT2D eigenvalue weighted by Crippen LogP contribution is 1.83. The maximum atomic E-state index is 11.1. The molecule has 0 aromatic heterocycles. The van der Waals surface area contributed by atoms with Crippen molar-refractivity contribution >= 4 is 11.6 Å². The summed E-state index contributed by atoms with van der Waals surface area (Å²) >= 11 is 4.91. The fourth-order valence-corrected chi connectivity index (χ4v) is 0.218. The van der Waals surface area contributed by atoms with Gasteiger partial charge in [0.25, 0.3) is 0 Å². The first-order valence-corrected chi connectivity index (χ1v) is 2.03. The predicted molar refractivity (Wildman–Crippen MR) is 24.3 cm³/mol. The molecule has 0 N–H and O–H groups in total. The molecular formula is C4H5ClF. The lowest BCUT2D eigenvalue weighted by Crippen LogP contribution is -1.63. The van der Waals surface area contributed by atoms with Crippen molar-refractivity contribution < 1.29 is 4.39 Å². The van der Waals surface area contributed by atoms with Crippen molar-refractivity contribution in [1.29, 1.82) is 0 Å². The summed E-state index contributed by atoms with van der Waals surface area (Å²) in [6.07, 6.45) is 1.82. The minimum absolute atomic E-state index is 0.347. The summed E-state index contributed by atoms with van der Waals surface area (Å²) in [6.45, 7) is -0.347. The maximum absolute atomic E-state index is 11.1. The second-order valence-electron chi connectivity index (χ2n) is 0.791. The lowest BCUT2D eigenvalue weighted by molar-refractivity contribution is 0.501. The van der Waals surface area contributed by atoms with Gasteiger partial charge in [-0.25, -0.2) is 0 Å². The Morgan fingerprint density at radius 3 is 2.67 bits per heavy atom. The second kappa shape index (κ2) is 4.96. The highest BCUT2D eigenvalue weighted by molar-refractivity contribution is 6.22. The van der Waals surface area contributed by atoms with Crippen LogP contribution in [0.25, 0.3) is 0 Å². The van der Waals surface area contributed by atoms with Gasteiger partial charge in [-0.1, -0.05) is 17.7 Å². The summed E-state index contributed by atoms with van der Waals surface area (Å²) in [7, 11) is 0. The molecule has 1 radical (unpaired) electrons. The van der Waals surface area contributed by atoms with Gasteiger partial charge in [0.15, 0.2) is 0 Å². The highest BCUT2D eigenvalue weighted by Gasteiger charge is 1.70. The summed E-state index contributed by atoms with van der Waals surface area (Å²) in [5.74, 6) is 0. The Balaban J connectivity index is 2.66. The van der Waals surface area contributed by atoms with Gasteiger partial charge in [0, 0.05) is 0 Å². The van der Waals surface area contributed by atoms with E-state index in [1.165, 1.54) is 6.08 Å². The van der Waals surface area contributed by atoms with Gasteiger partial charge in [-0.15, -0.1) is 0 Å². The molecule has 6 heavy (non-hydrogen) atoms. The van der Waals surface area contributed by atoms with Gasteiger partial charge >= 0.3 is 0 Å². The average Bonchev–Trinajstić information content (AvgIpc) is 1.61. The monoisotopic (exact) mass is 107 g/mol. The smallest absolute Gasteiger partial charge is 0.0929 e. The highest BCUT2D eigenvalue weighted by atomic mass is 35.5. The Labute approximate surface area is 41.6 Å². The Morgan fingerprint density at radius 2 is 2.50 bits per heavy atom. The first-order valence-electron chi connectivity index (χ1n) is 1.65. The molecule has 0 aromatic rings. The van der Waals surface area contributed by atoms with Crippen LogP contribution < -0.4 is 0 Å². The minimum atomic E-state index is -0.347. The van der Waals surface area contributed by atoms with Crippen LogP contribution in [0.15, 0.2) is 6.08 Å². The summed E-state index contributed by atoms with van der Waals surface area (Å²) in [6, 6.07) is 0. The number of rotatable bonds is 2. The molecule has 0 aliphatic heterocycles. The van der Waals surface area contributed by atoms with Crippen molar-refractivity contribution in [3.63, 3.8) is 0 Å². The number of alkyl halides is 1. The molecule has 0 nitrogen and oxygen atoms in total. The molecule has 0 unspecified atom stereocenters. The predicted octanol–water partition coefficient (Wildman–Crippen LogP) is 1.90. The van der Waals surface area contributed by atoms with Crippen LogP contribution in [0.1, 0.15) is 6.42 Å². The van der Waals surface area contributed by atoms with E-state index >= 15 is 0 Å². The van der Waals surface area contributed by atoms with Gasteiger partial charge in [0.1, 0.15) is 0 Å². The van der Waals surface area contributed by atoms with Crippen molar-refractivity contribution in [2.75, 3.05) is 6.67 Å². The zero-order chi connectivity index (χ0) is 4.83. The quantitative estimate of drug-likeness (QED) is 0.506. The Kier molecular flexibility index (Phi) is 4.93. The molecule has 0 spiro atoms. The molecule has 0 atom stereocenters. The fraction of sp³-hybridized carbons (Fsp3) is 0.500. The van der Waals surface area contributed by atoms with Gasteiger partial charge in [0.2, 0.25) is 0 Å². The van der Waals surface area contributed by atoms with Crippen molar-refractivity contribution in [2.24, 2.45) is 0 Å². The zero-order valence-electron chi connectivity index (χ0n) is 3.25. The van der Waals surface area contributed by atoms with E-state index in [1.54, 1.807) is 0 Å². The van der Waals surface area contributed by atoms with Crippen LogP contribution in [0.4, 0.5) is 4.39 Å². The molecule has 0 saturated carbocycles. The van der Waals surface area contributed by atoms with E-state index in [4.69, 9.17) is 11.6 Å². The van der Waals surface area contributed by atoms with Gasteiger partial charge < -0.3 is 0 Å². The topological polar surface area (TPSA) is 0 Å². The van der Waals surface area contributed by atoms with Crippen molar-refractivity contribution in [1.82, 2.24) is 0 Å². The zero-order valence-corrected chi connectivity index (χ0v) is 4.00. The molecule has 35 valence electrons. The van der Waals surface area contributed by atoms with Crippen molar-refractivity contribution in [3.8, 4) is 0 Å².